The second-order valence-corrected chi connectivity index (χ2v) is 9.73. The van der Waals surface area contributed by atoms with E-state index in [1.165, 1.54) is 10.4 Å². The topological polar surface area (TPSA) is 88.2 Å². The zero-order valence-corrected chi connectivity index (χ0v) is 18.8. The first-order valence-electron chi connectivity index (χ1n) is 10.6. The molecule has 1 amide bonds. The predicted molar refractivity (Wildman–Crippen MR) is 121 cm³/mol. The van der Waals surface area contributed by atoms with Crippen molar-refractivity contribution in [2.24, 2.45) is 0 Å². The van der Waals surface area contributed by atoms with Crippen LogP contribution in [0.15, 0.2) is 53.4 Å². The van der Waals surface area contributed by atoms with E-state index in [0.29, 0.717) is 55.7 Å². The highest BCUT2D eigenvalue weighted by atomic mass is 32.2. The minimum Gasteiger partial charge on any atom is -0.454 e. The van der Waals surface area contributed by atoms with Crippen LogP contribution in [0.3, 0.4) is 0 Å². The predicted octanol–water partition coefficient (Wildman–Crippen LogP) is 1.86. The Balaban J connectivity index is 1.20. The SMILES string of the molecule is Cc1ccc(S(=O)(=O)N2CCN(CCNC(=O)/C=C\c3ccc4c(c3)OCO4)CC2)cc1. The summed E-state index contributed by atoms with van der Waals surface area (Å²) in [5, 5.41) is 2.87. The molecule has 1 fully saturated rings. The number of benzene rings is 2. The van der Waals surface area contributed by atoms with Crippen LogP contribution in [0.25, 0.3) is 6.08 Å². The van der Waals surface area contributed by atoms with Crippen LogP contribution in [0.1, 0.15) is 11.1 Å². The highest BCUT2D eigenvalue weighted by Gasteiger charge is 2.28. The number of rotatable bonds is 7. The van der Waals surface area contributed by atoms with Gasteiger partial charge in [0.05, 0.1) is 4.90 Å². The van der Waals surface area contributed by atoms with Gasteiger partial charge in [0.25, 0.3) is 0 Å². The maximum Gasteiger partial charge on any atom is 0.244 e. The van der Waals surface area contributed by atoms with Gasteiger partial charge < -0.3 is 14.8 Å². The Kier molecular flexibility index (Phi) is 6.78. The summed E-state index contributed by atoms with van der Waals surface area (Å²) in [6, 6.07) is 12.4. The number of hydrogen-bond donors (Lipinski definition) is 1. The summed E-state index contributed by atoms with van der Waals surface area (Å²) in [7, 11) is -3.46. The molecule has 0 atom stereocenters. The van der Waals surface area contributed by atoms with Crippen molar-refractivity contribution in [1.82, 2.24) is 14.5 Å². The molecule has 0 aliphatic carbocycles. The first kappa shape index (κ1) is 22.3. The lowest BCUT2D eigenvalue weighted by molar-refractivity contribution is -0.116. The van der Waals surface area contributed by atoms with E-state index in [1.54, 1.807) is 18.2 Å². The Hall–Kier alpha value is -2.88. The molecule has 2 aromatic carbocycles. The number of sulfonamides is 1. The van der Waals surface area contributed by atoms with Crippen molar-refractivity contribution in [3.8, 4) is 11.5 Å². The molecule has 32 heavy (non-hydrogen) atoms. The van der Waals surface area contributed by atoms with E-state index < -0.39 is 10.0 Å². The second kappa shape index (κ2) is 9.72. The highest BCUT2D eigenvalue weighted by Crippen LogP contribution is 2.32. The number of aryl methyl sites for hydroxylation is 1. The Labute approximate surface area is 188 Å². The van der Waals surface area contributed by atoms with Crippen molar-refractivity contribution in [3.63, 3.8) is 0 Å². The highest BCUT2D eigenvalue weighted by molar-refractivity contribution is 7.89. The van der Waals surface area contributed by atoms with Gasteiger partial charge in [-0.25, -0.2) is 8.42 Å². The lowest BCUT2D eigenvalue weighted by atomic mass is 10.2. The van der Waals surface area contributed by atoms with Gasteiger partial charge in [-0.15, -0.1) is 0 Å². The van der Waals surface area contributed by atoms with Gasteiger partial charge in [-0.2, -0.15) is 4.31 Å². The lowest BCUT2D eigenvalue weighted by Crippen LogP contribution is -2.50. The lowest BCUT2D eigenvalue weighted by Gasteiger charge is -2.33. The molecular weight excluding hydrogens is 430 g/mol. The van der Waals surface area contributed by atoms with Crippen LogP contribution in [0.5, 0.6) is 11.5 Å². The number of fused-ring (bicyclic) bond motifs is 1. The third-order valence-corrected chi connectivity index (χ3v) is 7.45. The van der Waals surface area contributed by atoms with Crippen LogP contribution in [-0.2, 0) is 14.8 Å². The number of ether oxygens (including phenoxy) is 2. The first-order chi connectivity index (χ1) is 15.4. The van der Waals surface area contributed by atoms with Crippen LogP contribution in [0.2, 0.25) is 0 Å². The van der Waals surface area contributed by atoms with Gasteiger partial charge in [-0.1, -0.05) is 23.8 Å². The van der Waals surface area contributed by atoms with Gasteiger partial charge in [-0.3, -0.25) is 9.69 Å². The van der Waals surface area contributed by atoms with Crippen molar-refractivity contribution in [2.75, 3.05) is 46.1 Å². The smallest absolute Gasteiger partial charge is 0.244 e. The van der Waals surface area contributed by atoms with Crippen molar-refractivity contribution >= 4 is 22.0 Å². The molecule has 0 radical (unpaired) electrons. The molecule has 170 valence electrons. The summed E-state index contributed by atoms with van der Waals surface area (Å²) in [6.45, 7) is 5.46. The van der Waals surface area contributed by atoms with Crippen molar-refractivity contribution in [2.45, 2.75) is 11.8 Å². The number of hydrogen-bond acceptors (Lipinski definition) is 6. The normalized spacial score (nSPS) is 17.0. The maximum atomic E-state index is 12.8. The minimum atomic E-state index is -3.46. The fourth-order valence-electron chi connectivity index (χ4n) is 3.64. The monoisotopic (exact) mass is 457 g/mol. The summed E-state index contributed by atoms with van der Waals surface area (Å²) < 4.78 is 37.7. The number of nitrogens with one attached hydrogen (secondary N) is 1. The van der Waals surface area contributed by atoms with E-state index in [0.717, 1.165) is 11.1 Å². The van der Waals surface area contributed by atoms with Crippen LogP contribution < -0.4 is 14.8 Å². The van der Waals surface area contributed by atoms with Crippen molar-refractivity contribution in [3.05, 3.63) is 59.7 Å². The van der Waals surface area contributed by atoms with Gasteiger partial charge in [0, 0.05) is 45.3 Å². The van der Waals surface area contributed by atoms with Crippen LogP contribution in [0, 0.1) is 6.92 Å². The fourth-order valence-corrected chi connectivity index (χ4v) is 5.06. The molecule has 0 aromatic heterocycles. The summed E-state index contributed by atoms with van der Waals surface area (Å²) in [4.78, 5) is 14.6. The molecule has 4 rings (SSSR count). The Bertz CT molecular complexity index is 1090. The molecule has 2 aliphatic rings. The maximum absolute atomic E-state index is 12.8. The molecule has 2 heterocycles. The van der Waals surface area contributed by atoms with Gasteiger partial charge in [0.2, 0.25) is 22.7 Å². The largest absolute Gasteiger partial charge is 0.454 e. The van der Waals surface area contributed by atoms with Crippen molar-refractivity contribution < 1.29 is 22.7 Å². The van der Waals surface area contributed by atoms with Gasteiger partial charge in [-0.05, 0) is 42.8 Å². The number of piperazine rings is 1. The Morgan fingerprint density at radius 2 is 1.75 bits per heavy atom. The van der Waals surface area contributed by atoms with Gasteiger partial charge in [0.1, 0.15) is 0 Å². The Morgan fingerprint density at radius 1 is 1.03 bits per heavy atom. The molecule has 1 N–H and O–H groups in total. The minimum absolute atomic E-state index is 0.178. The zero-order valence-electron chi connectivity index (χ0n) is 18.0. The van der Waals surface area contributed by atoms with E-state index in [4.69, 9.17) is 9.47 Å². The molecule has 0 saturated carbocycles. The molecular formula is C23H27N3O5S. The van der Waals surface area contributed by atoms with Crippen LogP contribution >= 0.6 is 0 Å². The van der Waals surface area contributed by atoms with Crippen LogP contribution in [-0.4, -0.2) is 69.6 Å². The third kappa shape index (κ3) is 5.29. The molecule has 1 saturated heterocycles. The third-order valence-electron chi connectivity index (χ3n) is 5.54. The number of nitrogens with zero attached hydrogens (tertiary/aromatic N) is 2. The molecule has 0 bridgehead atoms. The standard InChI is InChI=1S/C23H27N3O5S/c1-18-2-6-20(7-3-18)32(28,29)26-14-12-25(13-15-26)11-10-24-23(27)9-5-19-4-8-21-22(16-19)31-17-30-21/h2-9,16H,10-15,17H2,1H3,(H,24,27)/b9-5-. The van der Waals surface area contributed by atoms with E-state index in [-0.39, 0.29) is 12.7 Å². The second-order valence-electron chi connectivity index (χ2n) is 7.80. The quantitative estimate of drug-likeness (QED) is 0.639. The summed E-state index contributed by atoms with van der Waals surface area (Å²) >= 11 is 0. The van der Waals surface area contributed by atoms with E-state index in [9.17, 15) is 13.2 Å². The van der Waals surface area contributed by atoms with Crippen molar-refractivity contribution in [1.29, 1.82) is 0 Å². The average Bonchev–Trinajstić information content (AvgIpc) is 3.26. The van der Waals surface area contributed by atoms with Gasteiger partial charge >= 0.3 is 0 Å². The fraction of sp³-hybridized carbons (Fsp3) is 0.348. The molecule has 2 aliphatic heterocycles. The average molecular weight is 458 g/mol. The number of carbonyl (C=O) groups excluding carboxylic acids is 1. The molecule has 2 aromatic rings. The van der Waals surface area contributed by atoms with E-state index >= 15 is 0 Å². The first-order valence-corrected chi connectivity index (χ1v) is 12.0. The molecule has 0 spiro atoms. The number of amides is 1. The summed E-state index contributed by atoms with van der Waals surface area (Å²) in [5.41, 5.74) is 1.89. The summed E-state index contributed by atoms with van der Waals surface area (Å²) in [5.74, 6) is 1.21. The summed E-state index contributed by atoms with van der Waals surface area (Å²) in [6.07, 6.45) is 3.22. The Morgan fingerprint density at radius 3 is 2.50 bits per heavy atom. The van der Waals surface area contributed by atoms with E-state index in [1.807, 2.05) is 37.3 Å². The molecule has 0 unspecified atom stereocenters. The van der Waals surface area contributed by atoms with E-state index in [2.05, 4.69) is 10.2 Å². The molecule has 9 heteroatoms. The molecule has 8 nitrogen and oxygen atoms in total. The van der Waals surface area contributed by atoms with Gasteiger partial charge in [0.15, 0.2) is 11.5 Å². The number of carbonyl (C=O) groups is 1. The van der Waals surface area contributed by atoms with Crippen LogP contribution in [0.4, 0.5) is 0 Å². The zero-order chi connectivity index (χ0) is 22.6.